The molecule has 0 spiro atoms. The number of benzene rings is 1. The molecule has 0 aliphatic carbocycles. The molecule has 6 nitrogen and oxygen atoms in total. The Balaban J connectivity index is 1.91. The van der Waals surface area contributed by atoms with E-state index in [2.05, 4.69) is 10.6 Å². The lowest BCUT2D eigenvalue weighted by Crippen LogP contribution is -2.32. The monoisotopic (exact) mass is 334 g/mol. The van der Waals surface area contributed by atoms with E-state index in [-0.39, 0.29) is 18.4 Å². The van der Waals surface area contributed by atoms with Crippen LogP contribution < -0.4 is 20.1 Å². The maximum atomic E-state index is 11.9. The number of rotatable bonds is 6. The molecular weight excluding hydrogens is 316 g/mol. The fraction of sp³-hybridized carbons (Fsp3) is 0.250. The van der Waals surface area contributed by atoms with Gasteiger partial charge in [-0.3, -0.25) is 9.59 Å². The Morgan fingerprint density at radius 3 is 2.43 bits per heavy atom. The molecule has 0 radical (unpaired) electrons. The van der Waals surface area contributed by atoms with Crippen LogP contribution in [0.2, 0.25) is 0 Å². The lowest BCUT2D eigenvalue weighted by molar-refractivity contribution is -0.115. The van der Waals surface area contributed by atoms with Crippen molar-refractivity contribution in [3.8, 4) is 11.5 Å². The highest BCUT2D eigenvalue weighted by molar-refractivity contribution is 7.13. The minimum Gasteiger partial charge on any atom is -0.493 e. The quantitative estimate of drug-likeness (QED) is 0.851. The average molecular weight is 334 g/mol. The van der Waals surface area contributed by atoms with E-state index in [4.69, 9.17) is 9.47 Å². The molecule has 2 N–H and O–H groups in total. The van der Waals surface area contributed by atoms with Gasteiger partial charge in [0.25, 0.3) is 5.91 Å². The lowest BCUT2D eigenvalue weighted by Gasteiger charge is -2.10. The fourth-order valence-electron chi connectivity index (χ4n) is 1.92. The Hall–Kier alpha value is -2.54. The van der Waals surface area contributed by atoms with Crippen molar-refractivity contribution in [1.82, 2.24) is 5.32 Å². The van der Waals surface area contributed by atoms with Gasteiger partial charge in [0.15, 0.2) is 11.5 Å². The molecule has 2 amide bonds. The van der Waals surface area contributed by atoms with E-state index in [0.717, 1.165) is 4.88 Å². The number of ether oxygens (including phenoxy) is 2. The predicted octanol–water partition coefficient (Wildman–Crippen LogP) is 2.44. The number of anilines is 1. The molecule has 0 bridgehead atoms. The number of hydrogen-bond acceptors (Lipinski definition) is 5. The molecule has 0 saturated heterocycles. The van der Waals surface area contributed by atoms with Gasteiger partial charge in [-0.05, 0) is 31.2 Å². The van der Waals surface area contributed by atoms with Crippen molar-refractivity contribution in [2.45, 2.75) is 6.92 Å². The first-order valence-corrected chi connectivity index (χ1v) is 7.71. The topological polar surface area (TPSA) is 76.7 Å². The summed E-state index contributed by atoms with van der Waals surface area (Å²) in [6.07, 6.45) is 0. The van der Waals surface area contributed by atoms with E-state index in [9.17, 15) is 9.59 Å². The van der Waals surface area contributed by atoms with Crippen molar-refractivity contribution in [3.63, 3.8) is 0 Å². The van der Waals surface area contributed by atoms with Crippen LogP contribution in [0.15, 0.2) is 30.3 Å². The van der Waals surface area contributed by atoms with Crippen molar-refractivity contribution in [2.75, 3.05) is 26.1 Å². The highest BCUT2D eigenvalue weighted by Crippen LogP contribution is 2.29. The second kappa shape index (κ2) is 7.64. The Morgan fingerprint density at radius 2 is 1.83 bits per heavy atom. The Kier molecular flexibility index (Phi) is 5.59. The summed E-state index contributed by atoms with van der Waals surface area (Å²) in [4.78, 5) is 25.4. The SMILES string of the molecule is COc1ccc(NC(=O)CNC(=O)c2ccc(C)s2)cc1OC. The number of carbonyl (C=O) groups excluding carboxylic acids is 2. The van der Waals surface area contributed by atoms with E-state index < -0.39 is 0 Å². The van der Waals surface area contributed by atoms with Crippen molar-refractivity contribution >= 4 is 28.8 Å². The zero-order chi connectivity index (χ0) is 16.8. The summed E-state index contributed by atoms with van der Waals surface area (Å²) in [5, 5.41) is 5.28. The molecule has 1 aromatic heterocycles. The summed E-state index contributed by atoms with van der Waals surface area (Å²) in [6.45, 7) is 1.81. The number of nitrogens with one attached hydrogen (secondary N) is 2. The summed E-state index contributed by atoms with van der Waals surface area (Å²) >= 11 is 1.39. The van der Waals surface area contributed by atoms with Gasteiger partial charge in [-0.15, -0.1) is 11.3 Å². The number of thiophene rings is 1. The van der Waals surface area contributed by atoms with Crippen LogP contribution in [0.25, 0.3) is 0 Å². The number of hydrogen-bond donors (Lipinski definition) is 2. The normalized spacial score (nSPS) is 10.0. The third-order valence-corrected chi connectivity index (χ3v) is 4.04. The molecule has 0 atom stereocenters. The number of methoxy groups -OCH3 is 2. The van der Waals surface area contributed by atoms with Crippen molar-refractivity contribution < 1.29 is 19.1 Å². The van der Waals surface area contributed by atoms with E-state index >= 15 is 0 Å². The summed E-state index contributed by atoms with van der Waals surface area (Å²) in [6, 6.07) is 8.65. The summed E-state index contributed by atoms with van der Waals surface area (Å²) in [5.41, 5.74) is 0.564. The van der Waals surface area contributed by atoms with Crippen LogP contribution in [0, 0.1) is 6.92 Å². The van der Waals surface area contributed by atoms with Gasteiger partial charge in [0.1, 0.15) is 0 Å². The molecule has 0 saturated carbocycles. The maximum Gasteiger partial charge on any atom is 0.261 e. The van der Waals surface area contributed by atoms with E-state index in [1.807, 2.05) is 13.0 Å². The van der Waals surface area contributed by atoms with Gasteiger partial charge in [0.2, 0.25) is 5.91 Å². The van der Waals surface area contributed by atoms with Gasteiger partial charge in [-0.25, -0.2) is 0 Å². The van der Waals surface area contributed by atoms with Crippen molar-refractivity contribution in [2.24, 2.45) is 0 Å². The predicted molar refractivity (Wildman–Crippen MR) is 89.6 cm³/mol. The highest BCUT2D eigenvalue weighted by atomic mass is 32.1. The molecule has 2 aromatic rings. The molecule has 122 valence electrons. The Morgan fingerprint density at radius 1 is 1.09 bits per heavy atom. The summed E-state index contributed by atoms with van der Waals surface area (Å²) in [5.74, 6) is 0.514. The van der Waals surface area contributed by atoms with Gasteiger partial charge in [0.05, 0.1) is 25.6 Å². The van der Waals surface area contributed by atoms with E-state index in [1.54, 1.807) is 24.3 Å². The highest BCUT2D eigenvalue weighted by Gasteiger charge is 2.11. The zero-order valence-corrected chi connectivity index (χ0v) is 14.0. The van der Waals surface area contributed by atoms with Gasteiger partial charge in [0, 0.05) is 16.6 Å². The minimum atomic E-state index is -0.321. The molecule has 0 aliphatic rings. The third-order valence-electron chi connectivity index (χ3n) is 3.04. The second-order valence-electron chi connectivity index (χ2n) is 4.71. The molecular formula is C16H18N2O4S. The van der Waals surface area contributed by atoms with Crippen LogP contribution in [-0.4, -0.2) is 32.6 Å². The zero-order valence-electron chi connectivity index (χ0n) is 13.1. The summed E-state index contributed by atoms with van der Waals surface area (Å²) in [7, 11) is 3.06. The average Bonchev–Trinajstić information content (AvgIpc) is 2.99. The fourth-order valence-corrected chi connectivity index (χ4v) is 2.71. The molecule has 0 aliphatic heterocycles. The van der Waals surface area contributed by atoms with E-state index in [1.165, 1.54) is 25.6 Å². The van der Waals surface area contributed by atoms with Crippen LogP contribution in [0.1, 0.15) is 14.5 Å². The van der Waals surface area contributed by atoms with Crippen molar-refractivity contribution in [1.29, 1.82) is 0 Å². The number of amides is 2. The third kappa shape index (κ3) is 4.46. The lowest BCUT2D eigenvalue weighted by atomic mass is 10.2. The number of carbonyl (C=O) groups is 2. The first-order valence-electron chi connectivity index (χ1n) is 6.90. The molecule has 0 unspecified atom stereocenters. The van der Waals surface area contributed by atoms with Crippen LogP contribution in [0.5, 0.6) is 11.5 Å². The Labute approximate surface area is 138 Å². The van der Waals surface area contributed by atoms with Crippen LogP contribution in [0.3, 0.4) is 0 Å². The standard InChI is InChI=1S/C16H18N2O4S/c1-10-4-7-14(23-10)16(20)17-9-15(19)18-11-5-6-12(21-2)13(8-11)22-3/h4-8H,9H2,1-3H3,(H,17,20)(H,18,19). The molecule has 1 aromatic carbocycles. The molecule has 7 heteroatoms. The van der Waals surface area contributed by atoms with Crippen molar-refractivity contribution in [3.05, 3.63) is 40.1 Å². The van der Waals surface area contributed by atoms with Crippen LogP contribution in [-0.2, 0) is 4.79 Å². The van der Waals surface area contributed by atoms with Gasteiger partial charge in [-0.1, -0.05) is 0 Å². The smallest absolute Gasteiger partial charge is 0.261 e. The van der Waals surface area contributed by atoms with Crippen LogP contribution in [0.4, 0.5) is 5.69 Å². The molecule has 23 heavy (non-hydrogen) atoms. The van der Waals surface area contributed by atoms with Gasteiger partial charge < -0.3 is 20.1 Å². The van der Waals surface area contributed by atoms with Crippen LogP contribution >= 0.6 is 11.3 Å². The van der Waals surface area contributed by atoms with Gasteiger partial charge in [-0.2, -0.15) is 0 Å². The molecule has 0 fully saturated rings. The number of aryl methyl sites for hydroxylation is 1. The largest absolute Gasteiger partial charge is 0.493 e. The minimum absolute atomic E-state index is 0.107. The maximum absolute atomic E-state index is 11.9. The Bertz CT molecular complexity index is 712. The van der Waals surface area contributed by atoms with E-state index in [0.29, 0.717) is 22.1 Å². The molecule has 2 rings (SSSR count). The summed E-state index contributed by atoms with van der Waals surface area (Å²) < 4.78 is 10.3. The molecule has 1 heterocycles. The van der Waals surface area contributed by atoms with Gasteiger partial charge >= 0.3 is 0 Å². The first kappa shape index (κ1) is 16.8. The second-order valence-corrected chi connectivity index (χ2v) is 6.00. The first-order chi connectivity index (χ1) is 11.0.